The molecule has 0 aliphatic heterocycles. The zero-order valence-corrected chi connectivity index (χ0v) is 9.28. The van der Waals surface area contributed by atoms with Crippen molar-refractivity contribution < 1.29 is 5.21 Å². The van der Waals surface area contributed by atoms with Gasteiger partial charge in [0.05, 0.1) is 6.04 Å². The molecule has 1 atom stereocenters. The van der Waals surface area contributed by atoms with Crippen LogP contribution in [-0.2, 0) is 0 Å². The zero-order chi connectivity index (χ0) is 11.4. The Bertz CT molecular complexity index is 374. The van der Waals surface area contributed by atoms with Gasteiger partial charge in [0.15, 0.2) is 5.84 Å². The number of rotatable bonds is 3. The van der Waals surface area contributed by atoms with Crippen molar-refractivity contribution in [3.8, 4) is 0 Å². The highest BCUT2D eigenvalue weighted by molar-refractivity contribution is 5.87. The summed E-state index contributed by atoms with van der Waals surface area (Å²) in [5, 5.41) is 14.7. The van der Waals surface area contributed by atoms with E-state index in [0.29, 0.717) is 0 Å². The molecule has 15 heavy (non-hydrogen) atoms. The predicted molar refractivity (Wildman–Crippen MR) is 62.4 cm³/mol. The largest absolute Gasteiger partial charge is 0.409 e. The molecule has 4 N–H and O–H groups in total. The van der Waals surface area contributed by atoms with Gasteiger partial charge in [0.1, 0.15) is 0 Å². The van der Waals surface area contributed by atoms with Crippen molar-refractivity contribution in [1.29, 1.82) is 0 Å². The summed E-state index contributed by atoms with van der Waals surface area (Å²) in [7, 11) is 0. The highest BCUT2D eigenvalue weighted by Gasteiger charge is 2.08. The lowest BCUT2D eigenvalue weighted by Crippen LogP contribution is -2.33. The second-order valence-electron chi connectivity index (χ2n) is 3.71. The zero-order valence-electron chi connectivity index (χ0n) is 9.28. The van der Waals surface area contributed by atoms with Crippen LogP contribution in [0.1, 0.15) is 18.1 Å². The van der Waals surface area contributed by atoms with E-state index in [1.165, 1.54) is 5.56 Å². The first-order valence-electron chi connectivity index (χ1n) is 4.86. The van der Waals surface area contributed by atoms with Gasteiger partial charge in [-0.25, -0.2) is 0 Å². The molecule has 1 rings (SSSR count). The van der Waals surface area contributed by atoms with E-state index in [-0.39, 0.29) is 11.9 Å². The molecular formula is C11H17N3O. The Hall–Kier alpha value is -1.71. The number of hydrogen-bond acceptors (Lipinski definition) is 3. The standard InChI is InChI=1S/C11H17N3O/c1-7-4-5-10(8(2)6-7)13-9(3)11(12)14-15/h4-6,9,13,15H,1-3H3,(H2,12,14). The molecule has 0 aliphatic rings. The number of nitrogens with zero attached hydrogens (tertiary/aromatic N) is 1. The molecule has 0 radical (unpaired) electrons. The van der Waals surface area contributed by atoms with Crippen LogP contribution in [0, 0.1) is 13.8 Å². The smallest absolute Gasteiger partial charge is 0.161 e. The van der Waals surface area contributed by atoms with Gasteiger partial charge < -0.3 is 16.3 Å². The van der Waals surface area contributed by atoms with E-state index in [2.05, 4.69) is 16.5 Å². The van der Waals surface area contributed by atoms with Crippen molar-refractivity contribution in [3.63, 3.8) is 0 Å². The van der Waals surface area contributed by atoms with E-state index < -0.39 is 0 Å². The molecule has 1 unspecified atom stereocenters. The minimum absolute atomic E-state index is 0.176. The first-order valence-corrected chi connectivity index (χ1v) is 4.86. The van der Waals surface area contributed by atoms with Gasteiger partial charge in [-0.05, 0) is 32.4 Å². The molecule has 0 heterocycles. The number of nitrogens with one attached hydrogen (secondary N) is 1. The SMILES string of the molecule is Cc1ccc(NC(C)C(N)=NO)c(C)c1. The second kappa shape index (κ2) is 4.68. The van der Waals surface area contributed by atoms with Gasteiger partial charge in [-0.2, -0.15) is 0 Å². The Balaban J connectivity index is 2.81. The summed E-state index contributed by atoms with van der Waals surface area (Å²) in [5.41, 5.74) is 8.84. The summed E-state index contributed by atoms with van der Waals surface area (Å²) >= 11 is 0. The Labute approximate surface area is 89.8 Å². The first-order chi connectivity index (χ1) is 7.04. The van der Waals surface area contributed by atoms with Crippen LogP contribution in [0.2, 0.25) is 0 Å². The Kier molecular flexibility index (Phi) is 3.55. The van der Waals surface area contributed by atoms with Crippen LogP contribution in [0.15, 0.2) is 23.4 Å². The van der Waals surface area contributed by atoms with Gasteiger partial charge in [-0.1, -0.05) is 22.9 Å². The lowest BCUT2D eigenvalue weighted by molar-refractivity contribution is 0.316. The number of nitrogens with two attached hydrogens (primary N) is 1. The average molecular weight is 207 g/mol. The molecule has 1 aromatic carbocycles. The van der Waals surface area contributed by atoms with E-state index in [1.807, 2.05) is 32.9 Å². The molecule has 0 bridgehead atoms. The van der Waals surface area contributed by atoms with Crippen LogP contribution in [0.5, 0.6) is 0 Å². The quantitative estimate of drug-likeness (QED) is 0.306. The summed E-state index contributed by atoms with van der Waals surface area (Å²) in [6, 6.07) is 5.91. The van der Waals surface area contributed by atoms with Crippen LogP contribution in [0.4, 0.5) is 5.69 Å². The van der Waals surface area contributed by atoms with E-state index in [9.17, 15) is 0 Å². The highest BCUT2D eigenvalue weighted by Crippen LogP contribution is 2.16. The third-order valence-electron chi connectivity index (χ3n) is 2.31. The van der Waals surface area contributed by atoms with Crippen molar-refractivity contribution in [2.24, 2.45) is 10.9 Å². The monoisotopic (exact) mass is 207 g/mol. The number of benzene rings is 1. The first kappa shape index (κ1) is 11.4. The number of hydrogen-bond donors (Lipinski definition) is 3. The van der Waals surface area contributed by atoms with Gasteiger partial charge in [-0.3, -0.25) is 0 Å². The van der Waals surface area contributed by atoms with Crippen LogP contribution in [0.25, 0.3) is 0 Å². The summed E-state index contributed by atoms with van der Waals surface area (Å²) in [4.78, 5) is 0. The summed E-state index contributed by atoms with van der Waals surface area (Å²) in [6.07, 6.45) is 0. The van der Waals surface area contributed by atoms with Gasteiger partial charge in [-0.15, -0.1) is 0 Å². The molecule has 82 valence electrons. The lowest BCUT2D eigenvalue weighted by atomic mass is 10.1. The topological polar surface area (TPSA) is 70.6 Å². The fraction of sp³-hybridized carbons (Fsp3) is 0.364. The molecule has 0 saturated carbocycles. The van der Waals surface area contributed by atoms with Gasteiger partial charge in [0.25, 0.3) is 0 Å². The van der Waals surface area contributed by atoms with Crippen LogP contribution in [0.3, 0.4) is 0 Å². The van der Waals surface area contributed by atoms with E-state index in [0.717, 1.165) is 11.3 Å². The minimum Gasteiger partial charge on any atom is -0.409 e. The molecule has 4 heteroatoms. The average Bonchev–Trinajstić information content (AvgIpc) is 2.20. The third-order valence-corrected chi connectivity index (χ3v) is 2.31. The van der Waals surface area contributed by atoms with Gasteiger partial charge in [0.2, 0.25) is 0 Å². The molecule has 0 fully saturated rings. The molecule has 4 nitrogen and oxygen atoms in total. The maximum absolute atomic E-state index is 8.52. The molecular weight excluding hydrogens is 190 g/mol. The van der Waals surface area contributed by atoms with E-state index >= 15 is 0 Å². The second-order valence-corrected chi connectivity index (χ2v) is 3.71. The van der Waals surface area contributed by atoms with Crippen molar-refractivity contribution in [3.05, 3.63) is 29.3 Å². The normalized spacial score (nSPS) is 13.7. The fourth-order valence-corrected chi connectivity index (χ4v) is 1.37. The van der Waals surface area contributed by atoms with Crippen molar-refractivity contribution in [2.45, 2.75) is 26.8 Å². The number of oxime groups is 1. The maximum Gasteiger partial charge on any atom is 0.161 e. The molecule has 0 amide bonds. The summed E-state index contributed by atoms with van der Waals surface area (Å²) in [5.74, 6) is 0.176. The van der Waals surface area contributed by atoms with Gasteiger partial charge in [0, 0.05) is 5.69 Å². The molecule has 0 aliphatic carbocycles. The van der Waals surface area contributed by atoms with Crippen LogP contribution in [-0.4, -0.2) is 17.1 Å². The Morgan fingerprint density at radius 2 is 2.13 bits per heavy atom. The number of anilines is 1. The van der Waals surface area contributed by atoms with Crippen molar-refractivity contribution in [2.75, 3.05) is 5.32 Å². The van der Waals surface area contributed by atoms with E-state index in [4.69, 9.17) is 10.9 Å². The fourth-order valence-electron chi connectivity index (χ4n) is 1.37. The Morgan fingerprint density at radius 1 is 1.47 bits per heavy atom. The van der Waals surface area contributed by atoms with Crippen LogP contribution < -0.4 is 11.1 Å². The molecule has 0 aromatic heterocycles. The maximum atomic E-state index is 8.52. The Morgan fingerprint density at radius 3 is 2.67 bits per heavy atom. The van der Waals surface area contributed by atoms with Crippen LogP contribution >= 0.6 is 0 Å². The molecule has 0 spiro atoms. The number of amidine groups is 1. The van der Waals surface area contributed by atoms with E-state index in [1.54, 1.807) is 0 Å². The predicted octanol–water partition coefficient (Wildman–Crippen LogP) is 1.85. The lowest BCUT2D eigenvalue weighted by Gasteiger charge is -2.15. The van der Waals surface area contributed by atoms with Crippen molar-refractivity contribution >= 4 is 11.5 Å². The third kappa shape index (κ3) is 2.87. The van der Waals surface area contributed by atoms with Gasteiger partial charge >= 0.3 is 0 Å². The molecule has 1 aromatic rings. The summed E-state index contributed by atoms with van der Waals surface area (Å²) < 4.78 is 0. The summed E-state index contributed by atoms with van der Waals surface area (Å²) in [6.45, 7) is 5.91. The minimum atomic E-state index is -0.184. The molecule has 0 saturated heterocycles. The van der Waals surface area contributed by atoms with Crippen molar-refractivity contribution in [1.82, 2.24) is 0 Å². The highest BCUT2D eigenvalue weighted by atomic mass is 16.4. The number of aryl methyl sites for hydroxylation is 2.